The Morgan fingerprint density at radius 3 is 2.89 bits per heavy atom. The van der Waals surface area contributed by atoms with Gasteiger partial charge in [-0.05, 0) is 26.2 Å². The van der Waals surface area contributed by atoms with E-state index < -0.39 is 0 Å². The van der Waals surface area contributed by atoms with Crippen molar-refractivity contribution >= 4 is 29.1 Å². The second kappa shape index (κ2) is 7.75. The van der Waals surface area contributed by atoms with Gasteiger partial charge in [-0.25, -0.2) is 4.98 Å². The van der Waals surface area contributed by atoms with Crippen LogP contribution in [0.1, 0.15) is 23.5 Å². The van der Waals surface area contributed by atoms with Crippen LogP contribution in [-0.4, -0.2) is 47.0 Å². The van der Waals surface area contributed by atoms with E-state index in [0.717, 1.165) is 50.6 Å². The van der Waals surface area contributed by atoms with Crippen LogP contribution >= 0.6 is 23.1 Å². The van der Waals surface area contributed by atoms with Crippen LogP contribution in [0, 0.1) is 6.92 Å². The van der Waals surface area contributed by atoms with E-state index >= 15 is 0 Å². The van der Waals surface area contributed by atoms with Crippen LogP contribution in [-0.2, 0) is 6.42 Å². The van der Waals surface area contributed by atoms with Crippen LogP contribution in [0.3, 0.4) is 0 Å². The molecule has 0 bridgehead atoms. The molecule has 106 valence electrons. The zero-order valence-electron chi connectivity index (χ0n) is 11.5. The van der Waals surface area contributed by atoms with Gasteiger partial charge >= 0.3 is 0 Å². The minimum Gasteiger partial charge on any atom is -0.370 e. The summed E-state index contributed by atoms with van der Waals surface area (Å²) < 4.78 is 0. The number of rotatable bonds is 5. The first-order valence-electron chi connectivity index (χ1n) is 6.79. The number of hydrogen-bond donors (Lipinski definition) is 1. The van der Waals surface area contributed by atoms with Crippen molar-refractivity contribution in [3.8, 4) is 0 Å². The van der Waals surface area contributed by atoms with Crippen LogP contribution in [0.5, 0.6) is 0 Å². The van der Waals surface area contributed by atoms with Crippen molar-refractivity contribution in [3.05, 3.63) is 16.1 Å². The quantitative estimate of drug-likeness (QED) is 0.514. The number of guanidine groups is 1. The number of thioether (sulfide) groups is 1. The van der Waals surface area contributed by atoms with E-state index in [1.54, 1.807) is 11.3 Å². The molecule has 0 atom stereocenters. The summed E-state index contributed by atoms with van der Waals surface area (Å²) in [4.78, 5) is 11.1. The van der Waals surface area contributed by atoms with Gasteiger partial charge in [0.05, 0.1) is 5.01 Å². The molecule has 19 heavy (non-hydrogen) atoms. The van der Waals surface area contributed by atoms with Gasteiger partial charge in [0.1, 0.15) is 0 Å². The first-order valence-corrected chi connectivity index (χ1v) is 8.83. The maximum absolute atomic E-state index is 6.00. The van der Waals surface area contributed by atoms with Gasteiger partial charge in [-0.2, -0.15) is 11.8 Å². The fourth-order valence-electron chi connectivity index (χ4n) is 1.99. The molecule has 2 rings (SSSR count). The molecule has 0 aromatic carbocycles. The largest absolute Gasteiger partial charge is 0.370 e. The highest BCUT2D eigenvalue weighted by atomic mass is 32.2. The molecule has 1 aromatic heterocycles. The van der Waals surface area contributed by atoms with Crippen molar-refractivity contribution in [2.45, 2.75) is 26.2 Å². The highest BCUT2D eigenvalue weighted by Crippen LogP contribution is 2.12. The summed E-state index contributed by atoms with van der Waals surface area (Å²) in [6, 6.07) is 0. The Labute approximate surface area is 123 Å². The standard InChI is InChI=1S/C13H22N4S2/c1-11-10-19-12(16-11)4-2-3-5-15-13(14)17-6-8-18-9-7-17/h10H,2-9H2,1H3,(H2,14,15). The molecule has 1 aromatic rings. The van der Waals surface area contributed by atoms with Crippen LogP contribution in [0.25, 0.3) is 0 Å². The van der Waals surface area contributed by atoms with Gasteiger partial charge in [-0.1, -0.05) is 0 Å². The Morgan fingerprint density at radius 2 is 2.21 bits per heavy atom. The second-order valence-electron chi connectivity index (χ2n) is 4.68. The van der Waals surface area contributed by atoms with Gasteiger partial charge in [-0.15, -0.1) is 11.3 Å². The summed E-state index contributed by atoms with van der Waals surface area (Å²) in [5.41, 5.74) is 7.13. The minimum atomic E-state index is 0.727. The third kappa shape index (κ3) is 5.03. The van der Waals surface area contributed by atoms with Crippen molar-refractivity contribution in [2.24, 2.45) is 10.7 Å². The van der Waals surface area contributed by atoms with E-state index in [-0.39, 0.29) is 0 Å². The smallest absolute Gasteiger partial charge is 0.191 e. The Hall–Kier alpha value is -0.750. The Kier molecular flexibility index (Phi) is 5.97. The van der Waals surface area contributed by atoms with Crippen molar-refractivity contribution in [1.82, 2.24) is 9.88 Å². The van der Waals surface area contributed by atoms with Crippen molar-refractivity contribution in [1.29, 1.82) is 0 Å². The molecule has 6 heteroatoms. The summed E-state index contributed by atoms with van der Waals surface area (Å²) in [6.07, 6.45) is 3.29. The molecular formula is C13H22N4S2. The lowest BCUT2D eigenvalue weighted by molar-refractivity contribution is 0.455. The Bertz CT molecular complexity index is 411. The van der Waals surface area contributed by atoms with Crippen molar-refractivity contribution in [3.63, 3.8) is 0 Å². The molecule has 0 saturated carbocycles. The average molecular weight is 298 g/mol. The molecule has 2 heterocycles. The highest BCUT2D eigenvalue weighted by molar-refractivity contribution is 7.99. The van der Waals surface area contributed by atoms with Gasteiger partial charge in [0.15, 0.2) is 5.96 Å². The summed E-state index contributed by atoms with van der Waals surface area (Å²) in [6.45, 7) is 4.96. The summed E-state index contributed by atoms with van der Waals surface area (Å²) in [5, 5.41) is 3.35. The third-order valence-corrected chi connectivity index (χ3v) is 5.04. The third-order valence-electron chi connectivity index (χ3n) is 3.07. The number of nitrogens with zero attached hydrogens (tertiary/aromatic N) is 3. The summed E-state index contributed by atoms with van der Waals surface area (Å²) in [7, 11) is 0. The predicted molar refractivity (Wildman–Crippen MR) is 85.2 cm³/mol. The molecule has 0 spiro atoms. The van der Waals surface area contributed by atoms with E-state index in [4.69, 9.17) is 5.73 Å². The Morgan fingerprint density at radius 1 is 1.42 bits per heavy atom. The molecule has 2 N–H and O–H groups in total. The van der Waals surface area contributed by atoms with Crippen LogP contribution in [0.4, 0.5) is 0 Å². The second-order valence-corrected chi connectivity index (χ2v) is 6.85. The maximum atomic E-state index is 6.00. The first kappa shape index (κ1) is 14.7. The van der Waals surface area contributed by atoms with Crippen molar-refractivity contribution in [2.75, 3.05) is 31.1 Å². The molecular weight excluding hydrogens is 276 g/mol. The molecule has 0 amide bonds. The SMILES string of the molecule is Cc1csc(CCCCN=C(N)N2CCSCC2)n1. The lowest BCUT2D eigenvalue weighted by Crippen LogP contribution is -2.42. The number of hydrogen-bond acceptors (Lipinski definition) is 4. The van der Waals surface area contributed by atoms with Gasteiger partial charge < -0.3 is 10.6 Å². The minimum absolute atomic E-state index is 0.727. The maximum Gasteiger partial charge on any atom is 0.191 e. The molecule has 1 saturated heterocycles. The average Bonchev–Trinajstić information content (AvgIpc) is 2.85. The molecule has 1 aliphatic heterocycles. The molecule has 4 nitrogen and oxygen atoms in total. The topological polar surface area (TPSA) is 54.5 Å². The van der Waals surface area contributed by atoms with E-state index in [2.05, 4.69) is 20.3 Å². The lowest BCUT2D eigenvalue weighted by Gasteiger charge is -2.27. The molecule has 0 aliphatic carbocycles. The number of aliphatic imine (C=N–C) groups is 1. The fraction of sp³-hybridized carbons (Fsp3) is 0.692. The van der Waals surface area contributed by atoms with Crippen LogP contribution in [0.15, 0.2) is 10.4 Å². The van der Waals surface area contributed by atoms with Gasteiger partial charge in [-0.3, -0.25) is 4.99 Å². The van der Waals surface area contributed by atoms with Crippen LogP contribution in [0.2, 0.25) is 0 Å². The molecule has 0 radical (unpaired) electrons. The van der Waals surface area contributed by atoms with Crippen molar-refractivity contribution < 1.29 is 0 Å². The molecule has 1 fully saturated rings. The summed E-state index contributed by atoms with van der Waals surface area (Å²) >= 11 is 3.74. The fourth-order valence-corrected chi connectivity index (χ4v) is 3.71. The van der Waals surface area contributed by atoms with E-state index in [1.165, 1.54) is 16.5 Å². The molecule has 1 aliphatic rings. The first-order chi connectivity index (χ1) is 9.25. The number of aromatic nitrogens is 1. The van der Waals surface area contributed by atoms with Gasteiger partial charge in [0.25, 0.3) is 0 Å². The number of thiazole rings is 1. The molecule has 0 unspecified atom stereocenters. The van der Waals surface area contributed by atoms with Crippen LogP contribution < -0.4 is 5.73 Å². The lowest BCUT2D eigenvalue weighted by atomic mass is 10.2. The summed E-state index contributed by atoms with van der Waals surface area (Å²) in [5.74, 6) is 3.06. The van der Waals surface area contributed by atoms with Gasteiger partial charge in [0, 0.05) is 42.2 Å². The predicted octanol–water partition coefficient (Wildman–Crippen LogP) is 2.14. The highest BCUT2D eigenvalue weighted by Gasteiger charge is 2.11. The normalized spacial score (nSPS) is 16.9. The van der Waals surface area contributed by atoms with Gasteiger partial charge in [0.2, 0.25) is 0 Å². The van der Waals surface area contributed by atoms with E-state index in [9.17, 15) is 0 Å². The number of unbranched alkanes of at least 4 members (excludes halogenated alkanes) is 1. The van der Waals surface area contributed by atoms with E-state index in [1.807, 2.05) is 18.7 Å². The number of nitrogens with two attached hydrogens (primary N) is 1. The Balaban J connectivity index is 1.62. The zero-order chi connectivity index (χ0) is 13.5. The van der Waals surface area contributed by atoms with E-state index in [0.29, 0.717) is 0 Å². The zero-order valence-corrected chi connectivity index (χ0v) is 13.1. The number of aryl methyl sites for hydroxylation is 2. The monoisotopic (exact) mass is 298 g/mol.